The normalized spacial score (nSPS) is 17.6. The van der Waals surface area contributed by atoms with Crippen molar-refractivity contribution < 1.29 is 4.79 Å². The summed E-state index contributed by atoms with van der Waals surface area (Å²) in [5.74, 6) is 1.44. The Hall–Kier alpha value is -2.47. The molecule has 1 aliphatic heterocycles. The monoisotopic (exact) mass is 352 g/mol. The van der Waals surface area contributed by atoms with E-state index in [4.69, 9.17) is 0 Å². The highest BCUT2D eigenvalue weighted by molar-refractivity contribution is 7.07. The molecule has 4 rings (SSSR count). The lowest BCUT2D eigenvalue weighted by Gasteiger charge is -2.32. The standard InChI is InChI=1S/C19H20N4OS/c24-19(15-5-2-1-3-6-15)23-9-4-7-16(11-23)18-20-8-10-22(18)12-17-13-25-14-21-17/h1-3,5-6,8,10,13-14,16H,4,7,9,11-12H2/t16-/m1/s1. The largest absolute Gasteiger partial charge is 0.338 e. The number of likely N-dealkylation sites (tertiary alicyclic amines) is 1. The van der Waals surface area contributed by atoms with Gasteiger partial charge in [0, 0.05) is 42.3 Å². The summed E-state index contributed by atoms with van der Waals surface area (Å²) in [4.78, 5) is 23.7. The molecule has 1 atom stereocenters. The van der Waals surface area contributed by atoms with Crippen LogP contribution in [0.3, 0.4) is 0 Å². The van der Waals surface area contributed by atoms with Crippen LogP contribution in [0.5, 0.6) is 0 Å². The first-order chi connectivity index (χ1) is 12.3. The minimum Gasteiger partial charge on any atom is -0.338 e. The highest BCUT2D eigenvalue weighted by Gasteiger charge is 2.28. The van der Waals surface area contributed by atoms with E-state index in [-0.39, 0.29) is 11.8 Å². The molecule has 0 spiro atoms. The van der Waals surface area contributed by atoms with Gasteiger partial charge in [0.2, 0.25) is 0 Å². The van der Waals surface area contributed by atoms with Crippen LogP contribution in [0, 0.1) is 0 Å². The summed E-state index contributed by atoms with van der Waals surface area (Å²) >= 11 is 1.61. The average Bonchev–Trinajstić information content (AvgIpc) is 3.34. The van der Waals surface area contributed by atoms with Gasteiger partial charge in [0.1, 0.15) is 5.82 Å². The number of aromatic nitrogens is 3. The van der Waals surface area contributed by atoms with E-state index in [0.717, 1.165) is 49.6 Å². The third-order valence-electron chi connectivity index (χ3n) is 4.66. The van der Waals surface area contributed by atoms with E-state index in [1.807, 2.05) is 53.1 Å². The fourth-order valence-corrected chi connectivity index (χ4v) is 3.99. The summed E-state index contributed by atoms with van der Waals surface area (Å²) in [5.41, 5.74) is 3.67. The van der Waals surface area contributed by atoms with E-state index in [2.05, 4.69) is 19.9 Å². The van der Waals surface area contributed by atoms with E-state index >= 15 is 0 Å². The summed E-state index contributed by atoms with van der Waals surface area (Å²) < 4.78 is 2.16. The second-order valence-corrected chi connectivity index (χ2v) is 7.07. The number of hydrogen-bond donors (Lipinski definition) is 0. The fraction of sp³-hybridized carbons (Fsp3) is 0.316. The zero-order chi connectivity index (χ0) is 17.1. The lowest BCUT2D eigenvalue weighted by molar-refractivity contribution is 0.0703. The predicted molar refractivity (Wildman–Crippen MR) is 97.8 cm³/mol. The molecule has 0 radical (unpaired) electrons. The Balaban J connectivity index is 1.50. The lowest BCUT2D eigenvalue weighted by Crippen LogP contribution is -2.39. The Labute approximate surface area is 151 Å². The van der Waals surface area contributed by atoms with Crippen molar-refractivity contribution in [3.8, 4) is 0 Å². The van der Waals surface area contributed by atoms with Crippen molar-refractivity contribution in [2.45, 2.75) is 25.3 Å². The van der Waals surface area contributed by atoms with Crippen LogP contribution in [0.25, 0.3) is 0 Å². The van der Waals surface area contributed by atoms with E-state index in [1.54, 1.807) is 11.3 Å². The molecule has 128 valence electrons. The second-order valence-electron chi connectivity index (χ2n) is 6.35. The number of rotatable bonds is 4. The van der Waals surface area contributed by atoms with Gasteiger partial charge in [-0.05, 0) is 25.0 Å². The van der Waals surface area contributed by atoms with Crippen molar-refractivity contribution in [2.75, 3.05) is 13.1 Å². The highest BCUT2D eigenvalue weighted by Crippen LogP contribution is 2.27. The molecule has 1 aliphatic rings. The fourth-order valence-electron chi connectivity index (χ4n) is 3.44. The molecule has 3 heterocycles. The van der Waals surface area contributed by atoms with Crippen molar-refractivity contribution in [1.29, 1.82) is 0 Å². The van der Waals surface area contributed by atoms with Gasteiger partial charge in [-0.1, -0.05) is 18.2 Å². The maximum atomic E-state index is 12.7. The average molecular weight is 352 g/mol. The zero-order valence-electron chi connectivity index (χ0n) is 13.9. The number of amides is 1. The van der Waals surface area contributed by atoms with E-state index in [1.165, 1.54) is 0 Å². The summed E-state index contributed by atoms with van der Waals surface area (Å²) in [6.07, 6.45) is 5.92. The summed E-state index contributed by atoms with van der Waals surface area (Å²) in [7, 11) is 0. The van der Waals surface area contributed by atoms with Gasteiger partial charge in [-0.3, -0.25) is 4.79 Å². The minimum absolute atomic E-state index is 0.114. The molecule has 2 aromatic heterocycles. The number of thiazole rings is 1. The maximum Gasteiger partial charge on any atom is 0.253 e. The van der Waals surface area contributed by atoms with Crippen LogP contribution in [-0.4, -0.2) is 38.4 Å². The number of piperidine rings is 1. The van der Waals surface area contributed by atoms with Crippen LogP contribution >= 0.6 is 11.3 Å². The van der Waals surface area contributed by atoms with Crippen LogP contribution in [0.2, 0.25) is 0 Å². The van der Waals surface area contributed by atoms with Gasteiger partial charge >= 0.3 is 0 Å². The van der Waals surface area contributed by atoms with Gasteiger partial charge in [-0.25, -0.2) is 9.97 Å². The van der Waals surface area contributed by atoms with Gasteiger partial charge in [0.05, 0.1) is 17.7 Å². The first-order valence-corrected chi connectivity index (χ1v) is 9.48. The molecule has 1 saturated heterocycles. The lowest BCUT2D eigenvalue weighted by atomic mass is 9.96. The summed E-state index contributed by atoms with van der Waals surface area (Å²) in [5, 5.41) is 2.07. The first-order valence-electron chi connectivity index (χ1n) is 8.53. The molecule has 0 unspecified atom stereocenters. The number of hydrogen-bond acceptors (Lipinski definition) is 4. The van der Waals surface area contributed by atoms with Gasteiger partial charge in [0.25, 0.3) is 5.91 Å². The Bertz CT molecular complexity index is 828. The molecule has 0 N–H and O–H groups in total. The van der Waals surface area contributed by atoms with Crippen LogP contribution in [0.4, 0.5) is 0 Å². The Kier molecular flexibility index (Phi) is 4.61. The zero-order valence-corrected chi connectivity index (χ0v) is 14.7. The third-order valence-corrected chi connectivity index (χ3v) is 5.29. The molecule has 3 aromatic rings. The van der Waals surface area contributed by atoms with Gasteiger partial charge in [-0.15, -0.1) is 11.3 Å². The summed E-state index contributed by atoms with van der Waals surface area (Å²) in [6.45, 7) is 2.28. The quantitative estimate of drug-likeness (QED) is 0.723. The van der Waals surface area contributed by atoms with Gasteiger partial charge in [-0.2, -0.15) is 0 Å². The molecule has 5 nitrogen and oxygen atoms in total. The molecule has 0 bridgehead atoms. The van der Waals surface area contributed by atoms with Gasteiger partial charge < -0.3 is 9.47 Å². The molecule has 1 aromatic carbocycles. The number of carbonyl (C=O) groups is 1. The van der Waals surface area contributed by atoms with E-state index in [0.29, 0.717) is 0 Å². The molecule has 6 heteroatoms. The van der Waals surface area contributed by atoms with Crippen LogP contribution in [0.1, 0.15) is 40.6 Å². The summed E-state index contributed by atoms with van der Waals surface area (Å²) in [6, 6.07) is 9.53. The molecule has 25 heavy (non-hydrogen) atoms. The Morgan fingerprint density at radius 2 is 2.12 bits per heavy atom. The van der Waals surface area contributed by atoms with Crippen molar-refractivity contribution in [3.63, 3.8) is 0 Å². The minimum atomic E-state index is 0.114. The molecular weight excluding hydrogens is 332 g/mol. The van der Waals surface area contributed by atoms with Crippen LogP contribution < -0.4 is 0 Å². The van der Waals surface area contributed by atoms with E-state index < -0.39 is 0 Å². The topological polar surface area (TPSA) is 51.0 Å². The molecule has 1 amide bonds. The van der Waals surface area contributed by atoms with Gasteiger partial charge in [0.15, 0.2) is 0 Å². The number of benzene rings is 1. The molecule has 1 fully saturated rings. The molecule has 0 aliphatic carbocycles. The third kappa shape index (κ3) is 3.49. The van der Waals surface area contributed by atoms with Crippen LogP contribution in [-0.2, 0) is 6.54 Å². The van der Waals surface area contributed by atoms with Crippen LogP contribution in [0.15, 0.2) is 53.6 Å². The maximum absolute atomic E-state index is 12.7. The predicted octanol–water partition coefficient (Wildman–Crippen LogP) is 3.41. The Morgan fingerprint density at radius 1 is 1.24 bits per heavy atom. The highest BCUT2D eigenvalue weighted by atomic mass is 32.1. The SMILES string of the molecule is O=C(c1ccccc1)N1CCC[C@@H](c2nccn2Cc2cscn2)C1. The van der Waals surface area contributed by atoms with Crippen molar-refractivity contribution in [1.82, 2.24) is 19.4 Å². The molecule has 0 saturated carbocycles. The number of carbonyl (C=O) groups excluding carboxylic acids is 1. The first kappa shape index (κ1) is 16.0. The van der Waals surface area contributed by atoms with Crippen molar-refractivity contribution in [2.24, 2.45) is 0 Å². The smallest absolute Gasteiger partial charge is 0.253 e. The molecular formula is C19H20N4OS. The number of nitrogens with zero attached hydrogens (tertiary/aromatic N) is 4. The van der Waals surface area contributed by atoms with E-state index in [9.17, 15) is 4.79 Å². The van der Waals surface area contributed by atoms with Crippen molar-refractivity contribution >= 4 is 17.2 Å². The van der Waals surface area contributed by atoms with Crippen molar-refractivity contribution in [3.05, 3.63) is 70.7 Å². The number of imidazole rings is 1. The Morgan fingerprint density at radius 3 is 2.92 bits per heavy atom. The second kappa shape index (κ2) is 7.19.